The van der Waals surface area contributed by atoms with Gasteiger partial charge in [-0.1, -0.05) is 7.43 Å². The second-order valence-corrected chi connectivity index (χ2v) is 2.92. The van der Waals surface area contributed by atoms with Crippen LogP contribution in [0.4, 0.5) is 0 Å². The first-order valence-electron chi connectivity index (χ1n) is 4.10. The van der Waals surface area contributed by atoms with Gasteiger partial charge in [0.05, 0.1) is 0 Å². The number of hydrogen-bond donors (Lipinski definition) is 0. The van der Waals surface area contributed by atoms with Gasteiger partial charge < -0.3 is 9.47 Å². The zero-order valence-electron chi connectivity index (χ0n) is 7.65. The minimum Gasteiger partial charge on any atom is -0.458 e. The van der Waals surface area contributed by atoms with Crippen molar-refractivity contribution in [3.8, 4) is 0 Å². The molecule has 1 aliphatic carbocycles. The molecule has 4 heteroatoms. The van der Waals surface area contributed by atoms with Gasteiger partial charge in [-0.05, 0) is 12.2 Å². The van der Waals surface area contributed by atoms with Gasteiger partial charge in [0.25, 0.3) is 0 Å². The number of carbonyl (C=O) groups is 2. The van der Waals surface area contributed by atoms with Crippen molar-refractivity contribution in [3.63, 3.8) is 0 Å². The molecule has 0 heterocycles. The summed E-state index contributed by atoms with van der Waals surface area (Å²) in [6.45, 7) is 2.71. The molecule has 2 atom stereocenters. The Kier molecular flexibility index (Phi) is 4.91. The zero-order valence-corrected chi connectivity index (χ0v) is 7.65. The Morgan fingerprint density at radius 2 is 1.43 bits per heavy atom. The van der Waals surface area contributed by atoms with Gasteiger partial charge in [0, 0.05) is 20.3 Å². The van der Waals surface area contributed by atoms with Crippen LogP contribution in [0.3, 0.4) is 0 Å². The van der Waals surface area contributed by atoms with E-state index in [1.165, 1.54) is 13.8 Å². The first-order chi connectivity index (χ1) is 6.08. The maximum absolute atomic E-state index is 10.6. The normalized spacial score (nSPS) is 23.9. The lowest BCUT2D eigenvalue weighted by Crippen LogP contribution is -2.17. The number of esters is 2. The van der Waals surface area contributed by atoms with E-state index in [1.807, 2.05) is 0 Å². The smallest absolute Gasteiger partial charge is 0.303 e. The van der Waals surface area contributed by atoms with Gasteiger partial charge in [-0.2, -0.15) is 0 Å². The van der Waals surface area contributed by atoms with Crippen molar-refractivity contribution in [1.82, 2.24) is 0 Å². The largest absolute Gasteiger partial charge is 0.458 e. The summed E-state index contributed by atoms with van der Waals surface area (Å²) in [7, 11) is 0. The third kappa shape index (κ3) is 4.07. The first kappa shape index (κ1) is 12.7. The van der Waals surface area contributed by atoms with Crippen molar-refractivity contribution in [3.05, 3.63) is 12.2 Å². The van der Waals surface area contributed by atoms with E-state index >= 15 is 0 Å². The van der Waals surface area contributed by atoms with E-state index in [-0.39, 0.29) is 31.6 Å². The summed E-state index contributed by atoms with van der Waals surface area (Å²) in [5.74, 6) is -0.642. The van der Waals surface area contributed by atoms with Crippen molar-refractivity contribution in [2.24, 2.45) is 0 Å². The maximum Gasteiger partial charge on any atom is 0.303 e. The van der Waals surface area contributed by atoms with Crippen molar-refractivity contribution < 1.29 is 19.1 Å². The van der Waals surface area contributed by atoms with E-state index in [0.29, 0.717) is 6.42 Å². The molecule has 0 fully saturated rings. The molecule has 0 aromatic rings. The summed E-state index contributed by atoms with van der Waals surface area (Å²) in [6.07, 6.45) is 3.49. The summed E-state index contributed by atoms with van der Waals surface area (Å²) in [5, 5.41) is 0. The SMILES string of the molecule is C.CC(=O)OC1C=CC(OC(C)=O)C1. The second-order valence-electron chi connectivity index (χ2n) is 2.92. The van der Waals surface area contributed by atoms with Crippen molar-refractivity contribution in [2.45, 2.75) is 39.9 Å². The molecule has 80 valence electrons. The quantitative estimate of drug-likeness (QED) is 0.500. The fourth-order valence-corrected chi connectivity index (χ4v) is 1.24. The fraction of sp³-hybridized carbons (Fsp3) is 0.600. The van der Waals surface area contributed by atoms with Crippen LogP contribution in [0.1, 0.15) is 27.7 Å². The van der Waals surface area contributed by atoms with Crippen molar-refractivity contribution in [2.75, 3.05) is 0 Å². The molecule has 0 N–H and O–H groups in total. The number of hydrogen-bond acceptors (Lipinski definition) is 4. The Bertz CT molecular complexity index is 221. The molecule has 4 nitrogen and oxygen atoms in total. The average molecular weight is 200 g/mol. The molecule has 2 unspecified atom stereocenters. The molecule has 0 saturated carbocycles. The highest BCUT2D eigenvalue weighted by Crippen LogP contribution is 2.17. The summed E-state index contributed by atoms with van der Waals surface area (Å²) in [5.41, 5.74) is 0. The Hall–Kier alpha value is -1.32. The van der Waals surface area contributed by atoms with Gasteiger partial charge in [-0.15, -0.1) is 0 Å². The molecule has 0 saturated heterocycles. The first-order valence-corrected chi connectivity index (χ1v) is 4.10. The second kappa shape index (κ2) is 5.42. The van der Waals surface area contributed by atoms with Crippen LogP contribution in [0.25, 0.3) is 0 Å². The number of carbonyl (C=O) groups excluding carboxylic acids is 2. The molecule has 0 aliphatic heterocycles. The standard InChI is InChI=1S/C9H12O4.CH4/c1-6(10)12-8-3-4-9(5-8)13-7(2)11;/h3-4,8-9H,5H2,1-2H3;1H4. The Morgan fingerprint density at radius 3 is 1.71 bits per heavy atom. The van der Waals surface area contributed by atoms with Gasteiger partial charge in [-0.25, -0.2) is 0 Å². The van der Waals surface area contributed by atoms with E-state index < -0.39 is 0 Å². The van der Waals surface area contributed by atoms with Gasteiger partial charge in [0.2, 0.25) is 0 Å². The van der Waals surface area contributed by atoms with Gasteiger partial charge >= 0.3 is 11.9 Å². The average Bonchev–Trinajstić information content (AvgIpc) is 2.33. The van der Waals surface area contributed by atoms with E-state index in [0.717, 1.165) is 0 Å². The Labute approximate surface area is 83.9 Å². The molecule has 0 radical (unpaired) electrons. The third-order valence-electron chi connectivity index (χ3n) is 1.64. The summed E-state index contributed by atoms with van der Waals surface area (Å²) in [4.78, 5) is 21.1. The third-order valence-corrected chi connectivity index (χ3v) is 1.64. The minimum atomic E-state index is -0.321. The summed E-state index contributed by atoms with van der Waals surface area (Å²) >= 11 is 0. The van der Waals surface area contributed by atoms with Crippen LogP contribution in [-0.2, 0) is 19.1 Å². The van der Waals surface area contributed by atoms with Crippen molar-refractivity contribution >= 4 is 11.9 Å². The molecule has 1 rings (SSSR count). The Morgan fingerprint density at radius 1 is 1.07 bits per heavy atom. The van der Waals surface area contributed by atoms with Crippen LogP contribution < -0.4 is 0 Å². The lowest BCUT2D eigenvalue weighted by Gasteiger charge is -2.11. The van der Waals surface area contributed by atoms with E-state index in [1.54, 1.807) is 12.2 Å². The topological polar surface area (TPSA) is 52.6 Å². The monoisotopic (exact) mass is 200 g/mol. The highest BCUT2D eigenvalue weighted by atomic mass is 16.6. The number of ether oxygens (including phenoxy) is 2. The lowest BCUT2D eigenvalue weighted by atomic mass is 10.3. The summed E-state index contributed by atoms with van der Waals surface area (Å²) < 4.78 is 9.81. The molecular weight excluding hydrogens is 184 g/mol. The zero-order chi connectivity index (χ0) is 9.84. The molecule has 0 aromatic heterocycles. The van der Waals surface area contributed by atoms with Gasteiger partial charge in [0.15, 0.2) is 0 Å². The van der Waals surface area contributed by atoms with E-state index in [4.69, 9.17) is 9.47 Å². The molecule has 0 bridgehead atoms. The number of rotatable bonds is 2. The molecule has 0 spiro atoms. The van der Waals surface area contributed by atoms with E-state index in [2.05, 4.69) is 0 Å². The maximum atomic E-state index is 10.6. The Balaban J connectivity index is 0.00000169. The van der Waals surface area contributed by atoms with Gasteiger partial charge in [0.1, 0.15) is 12.2 Å². The molecule has 0 amide bonds. The van der Waals surface area contributed by atoms with Crippen LogP contribution in [0.5, 0.6) is 0 Å². The van der Waals surface area contributed by atoms with Crippen LogP contribution in [0, 0.1) is 0 Å². The molecule has 0 aromatic carbocycles. The molecule has 1 aliphatic rings. The molecular formula is C10H16O4. The summed E-state index contributed by atoms with van der Waals surface area (Å²) in [6, 6.07) is 0. The van der Waals surface area contributed by atoms with Crippen LogP contribution >= 0.6 is 0 Å². The van der Waals surface area contributed by atoms with E-state index in [9.17, 15) is 9.59 Å². The highest BCUT2D eigenvalue weighted by Gasteiger charge is 2.22. The predicted octanol–water partition coefficient (Wildman–Crippen LogP) is 1.45. The lowest BCUT2D eigenvalue weighted by molar-refractivity contribution is -0.147. The molecule has 14 heavy (non-hydrogen) atoms. The highest BCUT2D eigenvalue weighted by molar-refractivity contribution is 5.67. The van der Waals surface area contributed by atoms with Crippen LogP contribution in [0.2, 0.25) is 0 Å². The van der Waals surface area contributed by atoms with Gasteiger partial charge in [-0.3, -0.25) is 9.59 Å². The van der Waals surface area contributed by atoms with Crippen molar-refractivity contribution in [1.29, 1.82) is 0 Å². The van der Waals surface area contributed by atoms with Crippen LogP contribution in [0.15, 0.2) is 12.2 Å². The fourth-order valence-electron chi connectivity index (χ4n) is 1.24. The van der Waals surface area contributed by atoms with Crippen LogP contribution in [-0.4, -0.2) is 24.1 Å². The predicted molar refractivity (Wildman–Crippen MR) is 51.6 cm³/mol. The minimum absolute atomic E-state index is 0.